The first kappa shape index (κ1) is 24.2. The molecule has 2 saturated carbocycles. The van der Waals surface area contributed by atoms with Crippen molar-refractivity contribution in [2.75, 3.05) is 0 Å². The van der Waals surface area contributed by atoms with Crippen molar-refractivity contribution in [1.82, 2.24) is 0 Å². The molecule has 0 bridgehead atoms. The molecule has 180 valence electrons. The van der Waals surface area contributed by atoms with Crippen molar-refractivity contribution in [3.8, 4) is 11.5 Å². The van der Waals surface area contributed by atoms with E-state index in [1.165, 1.54) is 88.2 Å². The summed E-state index contributed by atoms with van der Waals surface area (Å²) in [7, 11) is 0. The number of rotatable bonds is 9. The fourth-order valence-electron chi connectivity index (χ4n) is 6.89. The van der Waals surface area contributed by atoms with Crippen LogP contribution in [0.3, 0.4) is 0 Å². The molecule has 2 aliphatic rings. The molecule has 0 atom stereocenters. The molecule has 2 fully saturated rings. The highest BCUT2D eigenvalue weighted by Gasteiger charge is 2.40. The molecule has 0 aromatic heterocycles. The molecule has 0 spiro atoms. The van der Waals surface area contributed by atoms with E-state index in [0.717, 1.165) is 30.6 Å². The number of hydrogen-bond acceptors (Lipinski definition) is 2. The Balaban J connectivity index is 1.35. The zero-order chi connectivity index (χ0) is 23.1. The van der Waals surface area contributed by atoms with Crippen molar-refractivity contribution in [1.29, 1.82) is 0 Å². The summed E-state index contributed by atoms with van der Waals surface area (Å²) in [5.41, 5.74) is 2.60. The van der Waals surface area contributed by atoms with Crippen LogP contribution >= 0.6 is 0 Å². The summed E-state index contributed by atoms with van der Waals surface area (Å²) in [6, 6.07) is 15.7. The number of hydrogen-bond donors (Lipinski definition) is 2. The van der Waals surface area contributed by atoms with Gasteiger partial charge in [0.2, 0.25) is 0 Å². The fourth-order valence-corrected chi connectivity index (χ4v) is 6.89. The molecule has 0 radical (unpaired) electrons. The normalized spacial score (nSPS) is 23.4. The first-order chi connectivity index (χ1) is 16.1. The van der Waals surface area contributed by atoms with Gasteiger partial charge >= 0.3 is 0 Å². The average Bonchev–Trinajstić information content (AvgIpc) is 2.85. The molecule has 0 amide bonds. The van der Waals surface area contributed by atoms with Crippen LogP contribution in [0.4, 0.5) is 0 Å². The van der Waals surface area contributed by atoms with E-state index in [1.54, 1.807) is 0 Å². The van der Waals surface area contributed by atoms with Crippen LogP contribution in [0, 0.1) is 17.8 Å². The summed E-state index contributed by atoms with van der Waals surface area (Å²) < 4.78 is 0. The van der Waals surface area contributed by atoms with Crippen molar-refractivity contribution in [2.45, 2.75) is 102 Å². The van der Waals surface area contributed by atoms with Gasteiger partial charge in [-0.05, 0) is 91.7 Å². The number of aromatic hydroxyl groups is 2. The predicted octanol–water partition coefficient (Wildman–Crippen LogP) is 8.74. The Morgan fingerprint density at radius 1 is 0.636 bits per heavy atom. The second-order valence-electron chi connectivity index (χ2n) is 11.0. The standard InChI is InChI=1S/C31H44O2/c1-2-3-4-5-6-7-24-8-10-25(11-9-24)26-20-22-31(23-21-26,27-12-16-29(32)17-13-27)28-14-18-30(33)19-15-28/h12-19,24-26,32-33H,2-11,20-23H2,1H3/t24-,25+. The van der Waals surface area contributed by atoms with Crippen LogP contribution in [-0.4, -0.2) is 10.2 Å². The third kappa shape index (κ3) is 5.94. The van der Waals surface area contributed by atoms with Crippen molar-refractivity contribution in [3.63, 3.8) is 0 Å². The SMILES string of the molecule is CCCCCCC[C@H]1CC[C@@H](C2CCC(c3ccc(O)cc3)(c3ccc(O)cc3)CC2)CC1. The van der Waals surface area contributed by atoms with E-state index < -0.39 is 0 Å². The van der Waals surface area contributed by atoms with Gasteiger partial charge in [0.25, 0.3) is 0 Å². The Kier molecular flexibility index (Phi) is 8.39. The maximum Gasteiger partial charge on any atom is 0.115 e. The zero-order valence-corrected chi connectivity index (χ0v) is 20.6. The molecule has 4 rings (SSSR count). The first-order valence-electron chi connectivity index (χ1n) is 13.7. The minimum atomic E-state index is -0.00636. The number of phenolic OH excluding ortho intramolecular Hbond substituents is 2. The van der Waals surface area contributed by atoms with E-state index in [1.807, 2.05) is 24.3 Å². The van der Waals surface area contributed by atoms with Gasteiger partial charge in [0.15, 0.2) is 0 Å². The lowest BCUT2D eigenvalue weighted by molar-refractivity contribution is 0.140. The quantitative estimate of drug-likeness (QED) is 0.376. The average molecular weight is 449 g/mol. The molecule has 2 N–H and O–H groups in total. The zero-order valence-electron chi connectivity index (χ0n) is 20.6. The van der Waals surface area contributed by atoms with E-state index >= 15 is 0 Å². The summed E-state index contributed by atoms with van der Waals surface area (Å²) in [4.78, 5) is 0. The Labute approximate surface area is 201 Å². The Hall–Kier alpha value is -1.96. The summed E-state index contributed by atoms with van der Waals surface area (Å²) >= 11 is 0. The smallest absolute Gasteiger partial charge is 0.115 e. The maximum absolute atomic E-state index is 9.84. The van der Waals surface area contributed by atoms with Gasteiger partial charge in [0, 0.05) is 5.41 Å². The Morgan fingerprint density at radius 3 is 1.64 bits per heavy atom. The topological polar surface area (TPSA) is 40.5 Å². The molecule has 0 saturated heterocycles. The van der Waals surface area contributed by atoms with Crippen molar-refractivity contribution in [3.05, 3.63) is 59.7 Å². The summed E-state index contributed by atoms with van der Waals surface area (Å²) in [5.74, 6) is 3.42. The van der Waals surface area contributed by atoms with Crippen LogP contribution < -0.4 is 0 Å². The predicted molar refractivity (Wildman–Crippen MR) is 138 cm³/mol. The molecule has 33 heavy (non-hydrogen) atoms. The van der Waals surface area contributed by atoms with Gasteiger partial charge in [-0.15, -0.1) is 0 Å². The summed E-state index contributed by atoms with van der Waals surface area (Å²) in [5, 5.41) is 19.7. The largest absolute Gasteiger partial charge is 0.508 e. The highest BCUT2D eigenvalue weighted by atomic mass is 16.3. The van der Waals surface area contributed by atoms with Crippen molar-refractivity contribution < 1.29 is 10.2 Å². The maximum atomic E-state index is 9.84. The molecule has 2 nitrogen and oxygen atoms in total. The van der Waals surface area contributed by atoms with Crippen LogP contribution in [0.15, 0.2) is 48.5 Å². The molecular weight excluding hydrogens is 404 g/mol. The molecule has 0 unspecified atom stereocenters. The van der Waals surface area contributed by atoms with Crippen molar-refractivity contribution in [2.24, 2.45) is 17.8 Å². The summed E-state index contributed by atoms with van der Waals surface area (Å²) in [6.07, 6.45) is 19.2. The van der Waals surface area contributed by atoms with Gasteiger partial charge in [-0.1, -0.05) is 82.6 Å². The van der Waals surface area contributed by atoms with E-state index in [9.17, 15) is 10.2 Å². The first-order valence-corrected chi connectivity index (χ1v) is 13.7. The lowest BCUT2D eigenvalue weighted by atomic mass is 9.60. The fraction of sp³-hybridized carbons (Fsp3) is 0.613. The molecule has 2 aromatic rings. The van der Waals surface area contributed by atoms with Gasteiger partial charge in [-0.2, -0.15) is 0 Å². The minimum absolute atomic E-state index is 0.00636. The lowest BCUT2D eigenvalue weighted by Crippen LogP contribution is -2.35. The number of phenols is 2. The molecule has 0 aliphatic heterocycles. The highest BCUT2D eigenvalue weighted by Crippen LogP contribution is 2.50. The molecular formula is C31H44O2. The van der Waals surface area contributed by atoms with Crippen LogP contribution in [0.5, 0.6) is 11.5 Å². The van der Waals surface area contributed by atoms with Gasteiger partial charge in [0.1, 0.15) is 11.5 Å². The van der Waals surface area contributed by atoms with Crippen molar-refractivity contribution >= 4 is 0 Å². The Bertz CT molecular complexity index is 775. The minimum Gasteiger partial charge on any atom is -0.508 e. The van der Waals surface area contributed by atoms with E-state index in [4.69, 9.17) is 0 Å². The van der Waals surface area contributed by atoms with E-state index in [0.29, 0.717) is 11.5 Å². The third-order valence-electron chi connectivity index (χ3n) is 9.00. The summed E-state index contributed by atoms with van der Waals surface area (Å²) in [6.45, 7) is 2.30. The number of unbranched alkanes of at least 4 members (excludes halogenated alkanes) is 4. The molecule has 2 heteroatoms. The lowest BCUT2D eigenvalue weighted by Gasteiger charge is -2.44. The van der Waals surface area contributed by atoms with Gasteiger partial charge < -0.3 is 10.2 Å². The monoisotopic (exact) mass is 448 g/mol. The second-order valence-corrected chi connectivity index (χ2v) is 11.0. The van der Waals surface area contributed by atoms with E-state index in [2.05, 4.69) is 31.2 Å². The highest BCUT2D eigenvalue weighted by molar-refractivity contribution is 5.43. The third-order valence-corrected chi connectivity index (χ3v) is 9.00. The molecule has 2 aliphatic carbocycles. The van der Waals surface area contributed by atoms with Gasteiger partial charge in [-0.3, -0.25) is 0 Å². The Morgan fingerprint density at radius 2 is 1.12 bits per heavy atom. The van der Waals surface area contributed by atoms with Crippen LogP contribution in [-0.2, 0) is 5.41 Å². The van der Waals surface area contributed by atoms with Gasteiger partial charge in [0.05, 0.1) is 0 Å². The van der Waals surface area contributed by atoms with Gasteiger partial charge in [-0.25, -0.2) is 0 Å². The van der Waals surface area contributed by atoms with Crippen LogP contribution in [0.2, 0.25) is 0 Å². The number of benzene rings is 2. The van der Waals surface area contributed by atoms with Crippen LogP contribution in [0.25, 0.3) is 0 Å². The molecule has 2 aromatic carbocycles. The molecule has 0 heterocycles. The van der Waals surface area contributed by atoms with E-state index in [-0.39, 0.29) is 5.41 Å². The second kappa shape index (κ2) is 11.4. The van der Waals surface area contributed by atoms with Crippen LogP contribution in [0.1, 0.15) is 108 Å².